The fourth-order valence-corrected chi connectivity index (χ4v) is 3.24. The zero-order valence-corrected chi connectivity index (χ0v) is 15.3. The SMILES string of the molecule is O=C(c1ccccc1F)N1CCN(Cc2nnnn2-c2ccc(F)c(F)c2)CC1. The minimum atomic E-state index is -0.982. The molecular formula is C19H17F3N6O. The molecule has 1 amide bonds. The summed E-state index contributed by atoms with van der Waals surface area (Å²) >= 11 is 0. The lowest BCUT2D eigenvalue weighted by Crippen LogP contribution is -2.48. The molecule has 3 aromatic rings. The second-order valence-corrected chi connectivity index (χ2v) is 6.65. The Morgan fingerprint density at radius 2 is 1.69 bits per heavy atom. The summed E-state index contributed by atoms with van der Waals surface area (Å²) in [6, 6.07) is 9.35. The summed E-state index contributed by atoms with van der Waals surface area (Å²) < 4.78 is 41.9. The average molecular weight is 402 g/mol. The highest BCUT2D eigenvalue weighted by Gasteiger charge is 2.25. The minimum Gasteiger partial charge on any atom is -0.336 e. The van der Waals surface area contributed by atoms with E-state index in [2.05, 4.69) is 15.5 Å². The van der Waals surface area contributed by atoms with E-state index >= 15 is 0 Å². The standard InChI is InChI=1S/C19H17F3N6O/c20-15-4-2-1-3-14(15)19(29)27-9-7-26(8-10-27)12-18-23-24-25-28(18)13-5-6-16(21)17(22)11-13/h1-6,11H,7-10,12H2. The maximum absolute atomic E-state index is 13.8. The molecule has 10 heteroatoms. The average Bonchev–Trinajstić information content (AvgIpc) is 3.18. The van der Waals surface area contributed by atoms with Gasteiger partial charge < -0.3 is 4.90 Å². The van der Waals surface area contributed by atoms with Crippen LogP contribution in [-0.2, 0) is 6.54 Å². The molecule has 29 heavy (non-hydrogen) atoms. The van der Waals surface area contributed by atoms with E-state index in [4.69, 9.17) is 0 Å². The van der Waals surface area contributed by atoms with Gasteiger partial charge in [0.1, 0.15) is 5.82 Å². The van der Waals surface area contributed by atoms with Gasteiger partial charge in [-0.25, -0.2) is 13.2 Å². The number of piperazine rings is 1. The van der Waals surface area contributed by atoms with Crippen LogP contribution in [0.15, 0.2) is 42.5 Å². The molecule has 0 bridgehead atoms. The van der Waals surface area contributed by atoms with Gasteiger partial charge in [-0.2, -0.15) is 4.68 Å². The molecule has 2 heterocycles. The summed E-state index contributed by atoms with van der Waals surface area (Å²) in [5.41, 5.74) is 0.375. The number of carbonyl (C=O) groups excluding carboxylic acids is 1. The first-order valence-corrected chi connectivity index (χ1v) is 9.02. The Kier molecular flexibility index (Phi) is 5.26. The second-order valence-electron chi connectivity index (χ2n) is 6.65. The van der Waals surface area contributed by atoms with E-state index in [9.17, 15) is 18.0 Å². The van der Waals surface area contributed by atoms with Crippen LogP contribution in [0.5, 0.6) is 0 Å². The number of halogens is 3. The van der Waals surface area contributed by atoms with Crippen LogP contribution >= 0.6 is 0 Å². The molecule has 0 spiro atoms. The van der Waals surface area contributed by atoms with Gasteiger partial charge in [0, 0.05) is 32.2 Å². The van der Waals surface area contributed by atoms with Gasteiger partial charge in [-0.1, -0.05) is 12.1 Å². The van der Waals surface area contributed by atoms with Crippen LogP contribution in [-0.4, -0.2) is 62.1 Å². The molecule has 150 valence electrons. The number of rotatable bonds is 4. The molecule has 4 rings (SSSR count). The number of benzene rings is 2. The molecule has 0 N–H and O–H groups in total. The fourth-order valence-electron chi connectivity index (χ4n) is 3.24. The Balaban J connectivity index is 1.41. The summed E-state index contributed by atoms with van der Waals surface area (Å²) in [6.07, 6.45) is 0. The van der Waals surface area contributed by atoms with Gasteiger partial charge in [-0.05, 0) is 34.7 Å². The predicted molar refractivity (Wildman–Crippen MR) is 96.7 cm³/mol. The third-order valence-electron chi connectivity index (χ3n) is 4.81. The van der Waals surface area contributed by atoms with Crippen molar-refractivity contribution in [2.75, 3.05) is 26.2 Å². The van der Waals surface area contributed by atoms with Crippen molar-refractivity contribution < 1.29 is 18.0 Å². The Morgan fingerprint density at radius 3 is 2.41 bits per heavy atom. The van der Waals surface area contributed by atoms with Crippen LogP contribution in [0.4, 0.5) is 13.2 Å². The van der Waals surface area contributed by atoms with E-state index in [1.165, 1.54) is 22.9 Å². The molecule has 0 atom stereocenters. The zero-order chi connectivity index (χ0) is 20.4. The summed E-state index contributed by atoms with van der Waals surface area (Å²) in [6.45, 7) is 2.32. The lowest BCUT2D eigenvalue weighted by Gasteiger charge is -2.34. The van der Waals surface area contributed by atoms with Crippen molar-refractivity contribution in [2.45, 2.75) is 6.54 Å². The third kappa shape index (κ3) is 3.97. The van der Waals surface area contributed by atoms with Gasteiger partial charge in [-0.3, -0.25) is 9.69 Å². The smallest absolute Gasteiger partial charge is 0.256 e. The summed E-state index contributed by atoms with van der Waals surface area (Å²) in [4.78, 5) is 16.1. The molecule has 0 aliphatic carbocycles. The molecule has 0 saturated carbocycles. The van der Waals surface area contributed by atoms with Crippen LogP contribution in [0.2, 0.25) is 0 Å². The third-order valence-corrected chi connectivity index (χ3v) is 4.81. The van der Waals surface area contributed by atoms with Crippen molar-refractivity contribution in [3.8, 4) is 5.69 Å². The normalized spacial score (nSPS) is 14.9. The van der Waals surface area contributed by atoms with E-state index in [1.54, 1.807) is 17.0 Å². The predicted octanol–water partition coefficient (Wildman–Crippen LogP) is 2.04. The maximum Gasteiger partial charge on any atom is 0.256 e. The molecule has 2 aromatic carbocycles. The van der Waals surface area contributed by atoms with E-state index in [-0.39, 0.29) is 11.5 Å². The quantitative estimate of drug-likeness (QED) is 0.668. The topological polar surface area (TPSA) is 67.2 Å². The van der Waals surface area contributed by atoms with Crippen molar-refractivity contribution in [3.63, 3.8) is 0 Å². The Bertz CT molecular complexity index is 1030. The fraction of sp³-hybridized carbons (Fsp3) is 0.263. The van der Waals surface area contributed by atoms with Crippen LogP contribution in [0, 0.1) is 17.5 Å². The van der Waals surface area contributed by atoms with Crippen LogP contribution in [0.1, 0.15) is 16.2 Å². The van der Waals surface area contributed by atoms with Crippen LogP contribution in [0.25, 0.3) is 5.69 Å². The number of aromatic nitrogens is 4. The molecule has 0 radical (unpaired) electrons. The molecule has 1 aliphatic rings. The minimum absolute atomic E-state index is 0.0585. The monoisotopic (exact) mass is 402 g/mol. The van der Waals surface area contributed by atoms with Crippen LogP contribution in [0.3, 0.4) is 0 Å². The largest absolute Gasteiger partial charge is 0.336 e. The lowest BCUT2D eigenvalue weighted by molar-refractivity contribution is 0.0620. The number of tetrazole rings is 1. The van der Waals surface area contributed by atoms with E-state index in [0.717, 1.165) is 12.1 Å². The van der Waals surface area contributed by atoms with Gasteiger partial charge in [0.15, 0.2) is 17.5 Å². The summed E-state index contributed by atoms with van der Waals surface area (Å²) in [7, 11) is 0. The Labute approximate surface area is 164 Å². The highest BCUT2D eigenvalue weighted by Crippen LogP contribution is 2.16. The number of carbonyl (C=O) groups is 1. The van der Waals surface area contributed by atoms with Gasteiger partial charge in [0.2, 0.25) is 0 Å². The van der Waals surface area contributed by atoms with Crippen molar-refractivity contribution in [1.82, 2.24) is 30.0 Å². The van der Waals surface area contributed by atoms with Crippen LogP contribution < -0.4 is 0 Å². The Hall–Kier alpha value is -3.27. The first-order valence-electron chi connectivity index (χ1n) is 9.02. The van der Waals surface area contributed by atoms with E-state index in [0.29, 0.717) is 44.2 Å². The Morgan fingerprint density at radius 1 is 0.931 bits per heavy atom. The molecule has 1 saturated heterocycles. The van der Waals surface area contributed by atoms with Gasteiger partial charge in [-0.15, -0.1) is 5.10 Å². The maximum atomic E-state index is 13.8. The van der Waals surface area contributed by atoms with E-state index in [1.807, 2.05) is 4.90 Å². The molecule has 7 nitrogen and oxygen atoms in total. The zero-order valence-electron chi connectivity index (χ0n) is 15.3. The number of hydrogen-bond acceptors (Lipinski definition) is 5. The number of amides is 1. The molecule has 1 fully saturated rings. The highest BCUT2D eigenvalue weighted by molar-refractivity contribution is 5.94. The molecular weight excluding hydrogens is 385 g/mol. The van der Waals surface area contributed by atoms with Gasteiger partial charge in [0.05, 0.1) is 17.8 Å². The van der Waals surface area contributed by atoms with Crippen molar-refractivity contribution in [3.05, 3.63) is 71.3 Å². The molecule has 0 unspecified atom stereocenters. The van der Waals surface area contributed by atoms with Crippen molar-refractivity contribution >= 4 is 5.91 Å². The van der Waals surface area contributed by atoms with Crippen molar-refractivity contribution in [2.24, 2.45) is 0 Å². The first-order chi connectivity index (χ1) is 14.0. The molecule has 1 aliphatic heterocycles. The van der Waals surface area contributed by atoms with Crippen molar-refractivity contribution in [1.29, 1.82) is 0 Å². The van der Waals surface area contributed by atoms with Gasteiger partial charge >= 0.3 is 0 Å². The lowest BCUT2D eigenvalue weighted by atomic mass is 10.1. The first kappa shape index (κ1) is 19.1. The van der Waals surface area contributed by atoms with E-state index < -0.39 is 17.5 Å². The van der Waals surface area contributed by atoms with Gasteiger partial charge in [0.25, 0.3) is 5.91 Å². The molecule has 1 aromatic heterocycles. The number of hydrogen-bond donors (Lipinski definition) is 0. The summed E-state index contributed by atoms with van der Waals surface area (Å²) in [5.74, 6) is -2.34. The highest BCUT2D eigenvalue weighted by atomic mass is 19.2. The second kappa shape index (κ2) is 8.00. The summed E-state index contributed by atoms with van der Waals surface area (Å²) in [5, 5.41) is 11.4. The number of nitrogens with zero attached hydrogens (tertiary/aromatic N) is 6.